The summed E-state index contributed by atoms with van der Waals surface area (Å²) in [6.45, 7) is 4.57. The van der Waals surface area contributed by atoms with Gasteiger partial charge in [0.1, 0.15) is 5.75 Å². The monoisotopic (exact) mass is 714 g/mol. The Labute approximate surface area is 300 Å². The molecule has 0 radical (unpaired) electrons. The summed E-state index contributed by atoms with van der Waals surface area (Å²) in [5.74, 6) is 0.403. The van der Waals surface area contributed by atoms with Crippen LogP contribution in [0.25, 0.3) is 0 Å². The lowest BCUT2D eigenvalue weighted by Gasteiger charge is -2.23. The molecule has 6 atom stereocenters. The number of carbonyl (C=O) groups is 2. The molecule has 4 heterocycles. The fourth-order valence-corrected chi connectivity index (χ4v) is 7.11. The van der Waals surface area contributed by atoms with Crippen molar-refractivity contribution in [1.82, 2.24) is 16.0 Å². The van der Waals surface area contributed by atoms with Crippen molar-refractivity contribution in [2.45, 2.75) is 69.0 Å². The predicted molar refractivity (Wildman–Crippen MR) is 189 cm³/mol. The molecule has 4 aliphatic heterocycles. The van der Waals surface area contributed by atoms with Crippen molar-refractivity contribution in [2.75, 3.05) is 25.0 Å². The van der Waals surface area contributed by atoms with E-state index in [9.17, 15) is 22.8 Å². The van der Waals surface area contributed by atoms with Crippen LogP contribution in [0.2, 0.25) is 0 Å². The fourth-order valence-electron chi connectivity index (χ4n) is 7.11. The van der Waals surface area contributed by atoms with E-state index in [4.69, 9.17) is 14.2 Å². The van der Waals surface area contributed by atoms with Gasteiger partial charge in [-0.25, -0.2) is 0 Å². The predicted octanol–water partition coefficient (Wildman–Crippen LogP) is 6.58. The molecule has 272 valence electrons. The molecule has 0 saturated carbocycles. The van der Waals surface area contributed by atoms with E-state index >= 15 is 0 Å². The Balaban J connectivity index is 0.000000162. The Hall–Kier alpha value is -4.75. The summed E-state index contributed by atoms with van der Waals surface area (Å²) in [6.07, 6.45) is -1.55. The van der Waals surface area contributed by atoms with Gasteiger partial charge in [-0.1, -0.05) is 36.4 Å². The van der Waals surface area contributed by atoms with Crippen molar-refractivity contribution in [3.05, 3.63) is 130 Å². The Morgan fingerprint density at radius 2 is 1.25 bits per heavy atom. The molecule has 4 aromatic carbocycles. The lowest BCUT2D eigenvalue weighted by Crippen LogP contribution is -2.34. The molecule has 0 aliphatic carbocycles. The number of halogens is 3. The lowest BCUT2D eigenvalue weighted by molar-refractivity contribution is -0.137. The van der Waals surface area contributed by atoms with Gasteiger partial charge in [-0.3, -0.25) is 9.59 Å². The van der Waals surface area contributed by atoms with Gasteiger partial charge in [0.05, 0.1) is 36.6 Å². The Kier molecular flexibility index (Phi) is 10.6. The number of hydrogen-bond donors (Lipinski definition) is 4. The molecular weight excluding hydrogens is 673 g/mol. The lowest BCUT2D eigenvalue weighted by atomic mass is 10.0. The number of hydrogen-bond acceptors (Lipinski definition) is 7. The second kappa shape index (κ2) is 15.5. The molecule has 2 amide bonds. The number of rotatable bonds is 9. The van der Waals surface area contributed by atoms with E-state index in [1.807, 2.05) is 67.6 Å². The van der Waals surface area contributed by atoms with Gasteiger partial charge in [-0.05, 0) is 97.1 Å². The van der Waals surface area contributed by atoms with Crippen LogP contribution in [-0.2, 0) is 22.2 Å². The zero-order valence-corrected chi connectivity index (χ0v) is 28.6. The van der Waals surface area contributed by atoms with Crippen LogP contribution in [0.1, 0.15) is 74.9 Å². The number of amides is 2. The highest BCUT2D eigenvalue weighted by Crippen LogP contribution is 2.38. The van der Waals surface area contributed by atoms with E-state index in [1.54, 1.807) is 12.1 Å². The maximum Gasteiger partial charge on any atom is 0.416 e. The third kappa shape index (κ3) is 8.31. The number of benzene rings is 4. The first-order valence-corrected chi connectivity index (χ1v) is 17.6. The number of anilines is 1. The van der Waals surface area contributed by atoms with Gasteiger partial charge in [-0.15, -0.1) is 0 Å². The van der Waals surface area contributed by atoms with Gasteiger partial charge in [0.2, 0.25) is 0 Å². The van der Waals surface area contributed by atoms with Gasteiger partial charge in [0, 0.05) is 48.5 Å². The zero-order chi connectivity index (χ0) is 36.2. The van der Waals surface area contributed by atoms with Crippen molar-refractivity contribution in [3.63, 3.8) is 0 Å². The highest BCUT2D eigenvalue weighted by molar-refractivity contribution is 6.04. The molecule has 0 aromatic heterocycles. The fraction of sp³-hybridized carbons (Fsp3) is 0.350. The second-order valence-corrected chi connectivity index (χ2v) is 13.4. The minimum Gasteiger partial charge on any atom is -0.494 e. The molecule has 9 nitrogen and oxygen atoms in total. The molecule has 4 aromatic rings. The van der Waals surface area contributed by atoms with Gasteiger partial charge in [0.15, 0.2) is 0 Å². The highest BCUT2D eigenvalue weighted by Gasteiger charge is 2.42. The molecular formula is C40H41F3N4O5. The summed E-state index contributed by atoms with van der Waals surface area (Å²) >= 11 is 0. The van der Waals surface area contributed by atoms with Crippen LogP contribution in [-0.4, -0.2) is 55.8 Å². The highest BCUT2D eigenvalue weighted by atomic mass is 19.4. The summed E-state index contributed by atoms with van der Waals surface area (Å²) < 4.78 is 55.0. The van der Waals surface area contributed by atoms with E-state index in [0.717, 1.165) is 60.6 Å². The van der Waals surface area contributed by atoms with E-state index < -0.39 is 11.7 Å². The van der Waals surface area contributed by atoms with Gasteiger partial charge in [0.25, 0.3) is 11.8 Å². The molecule has 4 saturated heterocycles. The number of ether oxygens (including phenoxy) is 3. The van der Waals surface area contributed by atoms with Crippen molar-refractivity contribution in [1.29, 1.82) is 0 Å². The molecule has 12 heteroatoms. The molecule has 4 bridgehead atoms. The Morgan fingerprint density at radius 1 is 0.731 bits per heavy atom. The summed E-state index contributed by atoms with van der Waals surface area (Å²) in [5, 5.41) is 12.5. The van der Waals surface area contributed by atoms with Crippen LogP contribution in [0.4, 0.5) is 18.9 Å². The standard InChI is InChI=1S/C20H19F3N2O2.C20H22N2O3/c21-20(22,23)15-7-1-12(2-8-15)10-25-19(26)14-5-3-13(4-6-14)18-17-9-16(27-18)11-24-17;1-2-24-16-9-7-15(8-10-16)22-20(23)14-5-3-13(4-6-14)19-18-11-17(25-19)12-21-18/h1-8,16-18,24H,9-11H2,(H,25,26);3-10,17-19,21H,2,11-12H2,1H3,(H,22,23)/t16-,17-,18+;17-,18-,19+/m11/s1. The number of fused-ring (bicyclic) bond motifs is 4. The first kappa shape index (κ1) is 35.6. The van der Waals surface area contributed by atoms with Crippen molar-refractivity contribution >= 4 is 17.5 Å². The van der Waals surface area contributed by atoms with E-state index in [-0.39, 0.29) is 36.7 Å². The molecule has 4 fully saturated rings. The smallest absolute Gasteiger partial charge is 0.416 e. The largest absolute Gasteiger partial charge is 0.494 e. The topological polar surface area (TPSA) is 110 Å². The summed E-state index contributed by atoms with van der Waals surface area (Å²) in [4.78, 5) is 24.7. The zero-order valence-electron chi connectivity index (χ0n) is 28.6. The van der Waals surface area contributed by atoms with Crippen LogP contribution in [0, 0.1) is 0 Å². The van der Waals surface area contributed by atoms with Crippen LogP contribution in [0.5, 0.6) is 5.75 Å². The van der Waals surface area contributed by atoms with Gasteiger partial charge >= 0.3 is 6.18 Å². The molecule has 4 aliphatic rings. The van der Waals surface area contributed by atoms with E-state index in [2.05, 4.69) is 21.3 Å². The minimum absolute atomic E-state index is 0.0213. The molecule has 0 unspecified atom stereocenters. The number of alkyl halides is 3. The third-order valence-electron chi connectivity index (χ3n) is 9.82. The van der Waals surface area contributed by atoms with Crippen LogP contribution in [0.3, 0.4) is 0 Å². The summed E-state index contributed by atoms with van der Waals surface area (Å²) in [6, 6.07) is 27.8. The average molecular weight is 715 g/mol. The minimum atomic E-state index is -4.36. The van der Waals surface area contributed by atoms with Crippen molar-refractivity contribution in [2.24, 2.45) is 0 Å². The van der Waals surface area contributed by atoms with Crippen LogP contribution in [0.15, 0.2) is 97.1 Å². The van der Waals surface area contributed by atoms with E-state index in [1.165, 1.54) is 12.1 Å². The van der Waals surface area contributed by atoms with Crippen molar-refractivity contribution < 1.29 is 37.0 Å². The summed E-state index contributed by atoms with van der Waals surface area (Å²) in [7, 11) is 0. The van der Waals surface area contributed by atoms with Gasteiger partial charge in [-0.2, -0.15) is 13.2 Å². The molecule has 8 rings (SSSR count). The Bertz CT molecular complexity index is 1840. The molecule has 52 heavy (non-hydrogen) atoms. The van der Waals surface area contributed by atoms with Gasteiger partial charge < -0.3 is 35.5 Å². The summed E-state index contributed by atoms with van der Waals surface area (Å²) in [5.41, 5.74) is 3.94. The molecule has 4 N–H and O–H groups in total. The quantitative estimate of drug-likeness (QED) is 0.155. The van der Waals surface area contributed by atoms with Crippen LogP contribution < -0.4 is 26.0 Å². The first-order chi connectivity index (χ1) is 25.1. The van der Waals surface area contributed by atoms with Crippen molar-refractivity contribution in [3.8, 4) is 5.75 Å². The average Bonchev–Trinajstić information content (AvgIpc) is 3.99. The SMILES string of the molecule is CCOc1ccc(NC(=O)c2ccc([C@@H]3O[C@H]4CN[C@@H]3C4)cc2)cc1.O=C(NCc1ccc(C(F)(F)F)cc1)c1ccc([C@@H]2O[C@H]3CN[C@@H]2C3)cc1. The van der Waals surface area contributed by atoms with E-state index in [0.29, 0.717) is 41.5 Å². The van der Waals surface area contributed by atoms with Crippen LogP contribution >= 0.6 is 0 Å². The second-order valence-electron chi connectivity index (χ2n) is 13.4. The maximum absolute atomic E-state index is 12.6. The number of carbonyl (C=O) groups excluding carboxylic acids is 2. The Morgan fingerprint density at radius 3 is 1.69 bits per heavy atom. The molecule has 0 spiro atoms. The normalized spacial score (nSPS) is 24.2. The third-order valence-corrected chi connectivity index (χ3v) is 9.82. The maximum atomic E-state index is 12.6. The number of nitrogens with one attached hydrogen (secondary N) is 4. The first-order valence-electron chi connectivity index (χ1n) is 17.6. The number of morpholine rings is 2.